The molecule has 0 spiro atoms. The monoisotopic (exact) mass is 357 g/mol. The predicted molar refractivity (Wildman–Crippen MR) is 95.8 cm³/mol. The van der Waals surface area contributed by atoms with Crippen LogP contribution in [0, 0.1) is 0 Å². The molecule has 5 nitrogen and oxygen atoms in total. The van der Waals surface area contributed by atoms with E-state index in [1.165, 1.54) is 0 Å². The lowest BCUT2D eigenvalue weighted by molar-refractivity contribution is -0.134. The normalized spacial score (nSPS) is 10.4. The molecular formula is C19H19NO4S. The average molecular weight is 357 g/mol. The molecule has 130 valence electrons. The maximum absolute atomic E-state index is 12.7. The summed E-state index contributed by atoms with van der Waals surface area (Å²) in [7, 11) is 1.59. The van der Waals surface area contributed by atoms with Crippen LogP contribution in [-0.4, -0.2) is 24.5 Å². The Morgan fingerprint density at radius 3 is 2.76 bits per heavy atom. The van der Waals surface area contributed by atoms with Crippen LogP contribution in [0.3, 0.4) is 0 Å². The summed E-state index contributed by atoms with van der Waals surface area (Å²) in [6.45, 7) is 0.881. The van der Waals surface area contributed by atoms with E-state index in [-0.39, 0.29) is 12.5 Å². The molecule has 0 N–H and O–H groups in total. The summed E-state index contributed by atoms with van der Waals surface area (Å²) < 4.78 is 16.2. The third-order valence-electron chi connectivity index (χ3n) is 3.64. The molecule has 0 aliphatic rings. The number of methoxy groups -OCH3 is 1. The Kier molecular flexibility index (Phi) is 5.74. The van der Waals surface area contributed by atoms with E-state index in [2.05, 4.69) is 0 Å². The van der Waals surface area contributed by atoms with E-state index < -0.39 is 0 Å². The van der Waals surface area contributed by atoms with Crippen molar-refractivity contribution in [2.24, 2.45) is 0 Å². The Morgan fingerprint density at radius 1 is 1.16 bits per heavy atom. The third kappa shape index (κ3) is 4.87. The number of rotatable bonds is 8. The summed E-state index contributed by atoms with van der Waals surface area (Å²) >= 11 is 1.61. The smallest absolute Gasteiger partial charge is 0.261 e. The van der Waals surface area contributed by atoms with Crippen molar-refractivity contribution in [1.29, 1.82) is 0 Å². The molecule has 0 radical (unpaired) electrons. The van der Waals surface area contributed by atoms with Gasteiger partial charge in [-0.15, -0.1) is 0 Å². The van der Waals surface area contributed by atoms with E-state index >= 15 is 0 Å². The number of hydrogen-bond acceptors (Lipinski definition) is 5. The molecule has 0 unspecified atom stereocenters. The number of ether oxygens (including phenoxy) is 2. The summed E-state index contributed by atoms with van der Waals surface area (Å²) in [5.74, 6) is 1.92. The number of furan rings is 1. The van der Waals surface area contributed by atoms with E-state index in [0.29, 0.717) is 24.6 Å². The first-order valence-corrected chi connectivity index (χ1v) is 8.77. The van der Waals surface area contributed by atoms with Gasteiger partial charge in [0.25, 0.3) is 5.91 Å². The zero-order valence-corrected chi connectivity index (χ0v) is 14.7. The highest BCUT2D eigenvalue weighted by Crippen LogP contribution is 2.19. The molecule has 2 aromatic heterocycles. The standard InChI is InChI=1S/C19H19NO4S/c1-22-16-4-2-5-17(10-16)24-13-19(21)20(11-15-7-9-25-14-15)12-18-6-3-8-23-18/h2-10,14H,11-13H2,1H3. The summed E-state index contributed by atoms with van der Waals surface area (Å²) in [5.41, 5.74) is 1.09. The first-order chi connectivity index (χ1) is 12.2. The minimum atomic E-state index is -0.106. The van der Waals surface area contributed by atoms with Crippen LogP contribution in [0.15, 0.2) is 63.9 Å². The zero-order valence-electron chi connectivity index (χ0n) is 13.9. The Hall–Kier alpha value is -2.73. The van der Waals surface area contributed by atoms with Gasteiger partial charge in [0.2, 0.25) is 0 Å². The van der Waals surface area contributed by atoms with E-state index in [0.717, 1.165) is 11.3 Å². The molecule has 1 amide bonds. The van der Waals surface area contributed by atoms with Crippen molar-refractivity contribution < 1.29 is 18.7 Å². The van der Waals surface area contributed by atoms with E-state index in [1.807, 2.05) is 41.1 Å². The summed E-state index contributed by atoms with van der Waals surface area (Å²) in [5, 5.41) is 4.03. The lowest BCUT2D eigenvalue weighted by atomic mass is 10.3. The molecule has 0 saturated carbocycles. The fourth-order valence-electron chi connectivity index (χ4n) is 2.35. The molecule has 3 rings (SSSR count). The SMILES string of the molecule is COc1cccc(OCC(=O)N(Cc2ccsc2)Cc2ccco2)c1. The number of benzene rings is 1. The number of carbonyl (C=O) groups excluding carboxylic acids is 1. The van der Waals surface area contributed by atoms with Gasteiger partial charge in [-0.05, 0) is 46.7 Å². The summed E-state index contributed by atoms with van der Waals surface area (Å²) in [6.07, 6.45) is 1.61. The highest BCUT2D eigenvalue weighted by molar-refractivity contribution is 7.07. The predicted octanol–water partition coefficient (Wildman–Crippen LogP) is 3.96. The van der Waals surface area contributed by atoms with Gasteiger partial charge in [-0.1, -0.05) is 6.07 Å². The molecule has 1 aromatic carbocycles. The second-order valence-electron chi connectivity index (χ2n) is 5.43. The Morgan fingerprint density at radius 2 is 2.04 bits per heavy atom. The zero-order chi connectivity index (χ0) is 17.5. The highest BCUT2D eigenvalue weighted by Gasteiger charge is 2.17. The average Bonchev–Trinajstić information content (AvgIpc) is 3.33. The molecule has 0 saturated heterocycles. The Balaban J connectivity index is 1.65. The van der Waals surface area contributed by atoms with Crippen LogP contribution in [0.4, 0.5) is 0 Å². The van der Waals surface area contributed by atoms with Crippen LogP contribution in [0.1, 0.15) is 11.3 Å². The van der Waals surface area contributed by atoms with E-state index in [1.54, 1.807) is 41.7 Å². The first-order valence-electron chi connectivity index (χ1n) is 7.82. The quantitative estimate of drug-likeness (QED) is 0.612. The van der Waals surface area contributed by atoms with Crippen molar-refractivity contribution in [3.63, 3.8) is 0 Å². The molecule has 6 heteroatoms. The third-order valence-corrected chi connectivity index (χ3v) is 4.37. The maximum Gasteiger partial charge on any atom is 0.261 e. The van der Waals surface area contributed by atoms with Gasteiger partial charge in [-0.3, -0.25) is 4.79 Å². The van der Waals surface area contributed by atoms with Crippen LogP contribution >= 0.6 is 11.3 Å². The van der Waals surface area contributed by atoms with Gasteiger partial charge in [0.05, 0.1) is 19.9 Å². The number of amides is 1. The van der Waals surface area contributed by atoms with Gasteiger partial charge in [0, 0.05) is 12.6 Å². The minimum Gasteiger partial charge on any atom is -0.497 e. The van der Waals surface area contributed by atoms with E-state index in [9.17, 15) is 4.79 Å². The van der Waals surface area contributed by atoms with Gasteiger partial charge >= 0.3 is 0 Å². The lowest BCUT2D eigenvalue weighted by Crippen LogP contribution is -2.33. The van der Waals surface area contributed by atoms with Crippen molar-refractivity contribution in [3.8, 4) is 11.5 Å². The molecule has 0 fully saturated rings. The van der Waals surface area contributed by atoms with Crippen molar-refractivity contribution >= 4 is 17.2 Å². The number of nitrogens with zero attached hydrogens (tertiary/aromatic N) is 1. The Bertz CT molecular complexity index is 747. The molecule has 0 aliphatic carbocycles. The van der Waals surface area contributed by atoms with Gasteiger partial charge in [-0.25, -0.2) is 0 Å². The van der Waals surface area contributed by atoms with Crippen LogP contribution in [0.2, 0.25) is 0 Å². The van der Waals surface area contributed by atoms with Crippen LogP contribution < -0.4 is 9.47 Å². The van der Waals surface area contributed by atoms with Crippen molar-refractivity contribution in [2.75, 3.05) is 13.7 Å². The second-order valence-corrected chi connectivity index (χ2v) is 6.21. The number of thiophene rings is 1. The van der Waals surface area contributed by atoms with E-state index in [4.69, 9.17) is 13.9 Å². The molecule has 0 aliphatic heterocycles. The fourth-order valence-corrected chi connectivity index (χ4v) is 3.01. The lowest BCUT2D eigenvalue weighted by Gasteiger charge is -2.21. The van der Waals surface area contributed by atoms with Crippen LogP contribution in [-0.2, 0) is 17.9 Å². The highest BCUT2D eigenvalue weighted by atomic mass is 32.1. The first kappa shape index (κ1) is 17.1. The largest absolute Gasteiger partial charge is 0.497 e. The summed E-state index contributed by atoms with van der Waals surface area (Å²) in [6, 6.07) is 12.9. The topological polar surface area (TPSA) is 51.9 Å². The van der Waals surface area contributed by atoms with Crippen molar-refractivity contribution in [2.45, 2.75) is 13.1 Å². The molecule has 3 aromatic rings. The number of carbonyl (C=O) groups is 1. The molecule has 25 heavy (non-hydrogen) atoms. The van der Waals surface area contributed by atoms with Gasteiger partial charge in [0.15, 0.2) is 6.61 Å². The van der Waals surface area contributed by atoms with Crippen molar-refractivity contribution in [3.05, 3.63) is 70.8 Å². The number of hydrogen-bond donors (Lipinski definition) is 0. The second kappa shape index (κ2) is 8.39. The molecular weight excluding hydrogens is 338 g/mol. The van der Waals surface area contributed by atoms with Crippen molar-refractivity contribution in [1.82, 2.24) is 4.90 Å². The fraction of sp³-hybridized carbons (Fsp3) is 0.211. The molecule has 2 heterocycles. The Labute approximate surface area is 150 Å². The minimum absolute atomic E-state index is 0.0436. The summed E-state index contributed by atoms with van der Waals surface area (Å²) in [4.78, 5) is 14.4. The van der Waals surface area contributed by atoms with Gasteiger partial charge in [-0.2, -0.15) is 11.3 Å². The molecule has 0 bridgehead atoms. The maximum atomic E-state index is 12.7. The van der Waals surface area contributed by atoms with Gasteiger partial charge < -0.3 is 18.8 Å². The van der Waals surface area contributed by atoms with Crippen LogP contribution in [0.5, 0.6) is 11.5 Å². The van der Waals surface area contributed by atoms with Gasteiger partial charge in [0.1, 0.15) is 17.3 Å². The molecule has 0 atom stereocenters. The van der Waals surface area contributed by atoms with Crippen LogP contribution in [0.25, 0.3) is 0 Å².